The highest BCUT2D eigenvalue weighted by atomic mass is 79.9. The van der Waals surface area contributed by atoms with Crippen molar-refractivity contribution in [1.82, 2.24) is 9.55 Å². The number of hydrogen-bond donors (Lipinski definition) is 1. The summed E-state index contributed by atoms with van der Waals surface area (Å²) in [6, 6.07) is -0.496. The van der Waals surface area contributed by atoms with Crippen LogP contribution < -0.4 is 0 Å². The summed E-state index contributed by atoms with van der Waals surface area (Å²) in [6.07, 6.45) is 4.66. The largest absolute Gasteiger partial charge is 0.480 e. The van der Waals surface area contributed by atoms with E-state index in [4.69, 9.17) is 5.11 Å². The van der Waals surface area contributed by atoms with Crippen molar-refractivity contribution >= 4 is 21.9 Å². The fourth-order valence-electron chi connectivity index (χ4n) is 1.16. The van der Waals surface area contributed by atoms with Gasteiger partial charge in [0.2, 0.25) is 0 Å². The molecule has 13 heavy (non-hydrogen) atoms. The molecule has 1 aromatic rings. The van der Waals surface area contributed by atoms with Gasteiger partial charge in [0.15, 0.2) is 0 Å². The van der Waals surface area contributed by atoms with Gasteiger partial charge in [-0.05, 0) is 22.4 Å². The minimum atomic E-state index is -0.813. The van der Waals surface area contributed by atoms with Gasteiger partial charge < -0.3 is 9.67 Å². The number of rotatable bonds is 4. The Bertz CT molecular complexity index is 298. The van der Waals surface area contributed by atoms with Crippen LogP contribution in [0, 0.1) is 0 Å². The maximum absolute atomic E-state index is 10.8. The summed E-state index contributed by atoms with van der Waals surface area (Å²) >= 11 is 3.18. The second-order valence-corrected chi connectivity index (χ2v) is 3.60. The third-order valence-electron chi connectivity index (χ3n) is 1.78. The van der Waals surface area contributed by atoms with Gasteiger partial charge in [0, 0.05) is 6.20 Å². The Balaban J connectivity index is 2.81. The molecule has 0 fully saturated rings. The number of carboxylic acid groups (broad SMARTS) is 1. The Morgan fingerprint density at radius 2 is 2.54 bits per heavy atom. The molecule has 0 radical (unpaired) electrons. The molecule has 1 heterocycles. The lowest BCUT2D eigenvalue weighted by Gasteiger charge is -2.11. The topological polar surface area (TPSA) is 55.1 Å². The molecule has 0 aliphatic heterocycles. The second-order valence-electron chi connectivity index (χ2n) is 2.79. The van der Waals surface area contributed by atoms with E-state index in [0.29, 0.717) is 11.0 Å². The number of carboxylic acids is 1. The highest BCUT2D eigenvalue weighted by Gasteiger charge is 2.17. The molecular formula is C8H11BrN2O2. The monoisotopic (exact) mass is 246 g/mol. The maximum Gasteiger partial charge on any atom is 0.326 e. The predicted octanol–water partition coefficient (Wildman–Crippen LogP) is 2.07. The fourth-order valence-corrected chi connectivity index (χ4v) is 1.48. The lowest BCUT2D eigenvalue weighted by atomic mass is 10.2. The van der Waals surface area contributed by atoms with E-state index in [2.05, 4.69) is 20.9 Å². The van der Waals surface area contributed by atoms with E-state index in [-0.39, 0.29) is 0 Å². The van der Waals surface area contributed by atoms with Crippen molar-refractivity contribution in [2.75, 3.05) is 0 Å². The van der Waals surface area contributed by atoms with Crippen molar-refractivity contribution in [2.45, 2.75) is 25.8 Å². The molecule has 1 atom stereocenters. The number of aliphatic carboxylic acids is 1. The van der Waals surface area contributed by atoms with Gasteiger partial charge in [-0.3, -0.25) is 0 Å². The van der Waals surface area contributed by atoms with Crippen LogP contribution in [0.25, 0.3) is 0 Å². The molecule has 0 bridgehead atoms. The summed E-state index contributed by atoms with van der Waals surface area (Å²) in [5, 5.41) is 8.90. The Morgan fingerprint density at radius 1 is 1.85 bits per heavy atom. The molecule has 0 aromatic carbocycles. The van der Waals surface area contributed by atoms with Gasteiger partial charge in [-0.15, -0.1) is 0 Å². The molecule has 0 aliphatic carbocycles. The molecule has 0 saturated carbocycles. The van der Waals surface area contributed by atoms with Crippen LogP contribution in [0.15, 0.2) is 17.1 Å². The van der Waals surface area contributed by atoms with Crippen LogP contribution in [0.3, 0.4) is 0 Å². The van der Waals surface area contributed by atoms with Gasteiger partial charge in [-0.2, -0.15) is 0 Å². The second kappa shape index (κ2) is 4.41. The number of imidazole rings is 1. The van der Waals surface area contributed by atoms with Gasteiger partial charge >= 0.3 is 5.97 Å². The zero-order valence-electron chi connectivity index (χ0n) is 7.27. The molecule has 1 N–H and O–H groups in total. The van der Waals surface area contributed by atoms with Crippen molar-refractivity contribution in [3.8, 4) is 0 Å². The molecule has 4 nitrogen and oxygen atoms in total. The minimum Gasteiger partial charge on any atom is -0.480 e. The van der Waals surface area contributed by atoms with E-state index in [1.807, 2.05) is 6.92 Å². The quantitative estimate of drug-likeness (QED) is 0.885. The van der Waals surface area contributed by atoms with Crippen molar-refractivity contribution in [3.63, 3.8) is 0 Å². The average Bonchev–Trinajstić information content (AvgIpc) is 2.46. The first-order chi connectivity index (χ1) is 6.15. The SMILES string of the molecule is CCCC(C(=O)O)n1cnc(Br)c1. The van der Waals surface area contributed by atoms with Gasteiger partial charge in [0.25, 0.3) is 0 Å². The minimum absolute atomic E-state index is 0.496. The summed E-state index contributed by atoms with van der Waals surface area (Å²) < 4.78 is 2.27. The van der Waals surface area contributed by atoms with Crippen LogP contribution in [0.4, 0.5) is 0 Å². The predicted molar refractivity (Wildman–Crippen MR) is 51.5 cm³/mol. The number of carbonyl (C=O) groups is 1. The van der Waals surface area contributed by atoms with Gasteiger partial charge in [0.1, 0.15) is 10.6 Å². The summed E-state index contributed by atoms with van der Waals surface area (Å²) in [5.74, 6) is -0.813. The van der Waals surface area contributed by atoms with Crippen LogP contribution in [0.2, 0.25) is 0 Å². The molecule has 1 aromatic heterocycles. The van der Waals surface area contributed by atoms with Crippen LogP contribution >= 0.6 is 15.9 Å². The number of aromatic nitrogens is 2. The normalized spacial score (nSPS) is 12.8. The van der Waals surface area contributed by atoms with Gasteiger partial charge in [-0.25, -0.2) is 9.78 Å². The summed E-state index contributed by atoms with van der Waals surface area (Å²) in [7, 11) is 0. The molecule has 72 valence electrons. The van der Waals surface area contributed by atoms with Gasteiger partial charge in [-0.1, -0.05) is 13.3 Å². The Kier molecular flexibility index (Phi) is 3.48. The molecule has 1 unspecified atom stereocenters. The van der Waals surface area contributed by atoms with Gasteiger partial charge in [0.05, 0.1) is 6.33 Å². The summed E-state index contributed by atoms with van der Waals surface area (Å²) in [5.41, 5.74) is 0. The molecule has 5 heteroatoms. The van der Waals surface area contributed by atoms with E-state index < -0.39 is 12.0 Å². The van der Waals surface area contributed by atoms with Crippen molar-refractivity contribution < 1.29 is 9.90 Å². The molecule has 0 amide bonds. The standard InChI is InChI=1S/C8H11BrN2O2/c1-2-3-6(8(12)13)11-4-7(9)10-5-11/h4-6H,2-3H2,1H3,(H,12,13). The molecule has 1 rings (SSSR count). The first-order valence-corrected chi connectivity index (χ1v) is 4.86. The molecule has 0 saturated heterocycles. The van der Waals surface area contributed by atoms with Crippen molar-refractivity contribution in [2.24, 2.45) is 0 Å². The van der Waals surface area contributed by atoms with Crippen LogP contribution in [-0.4, -0.2) is 20.6 Å². The number of hydrogen-bond acceptors (Lipinski definition) is 2. The van der Waals surface area contributed by atoms with E-state index in [9.17, 15) is 4.79 Å². The third-order valence-corrected chi connectivity index (χ3v) is 2.19. The first-order valence-electron chi connectivity index (χ1n) is 4.07. The maximum atomic E-state index is 10.8. The molecule has 0 aliphatic rings. The average molecular weight is 247 g/mol. The van der Waals surface area contributed by atoms with E-state index >= 15 is 0 Å². The Morgan fingerprint density at radius 3 is 2.92 bits per heavy atom. The molecule has 0 spiro atoms. The highest BCUT2D eigenvalue weighted by Crippen LogP contribution is 2.16. The first kappa shape index (κ1) is 10.2. The lowest BCUT2D eigenvalue weighted by molar-refractivity contribution is -0.141. The van der Waals surface area contributed by atoms with E-state index in [1.165, 1.54) is 6.33 Å². The number of nitrogens with zero attached hydrogens (tertiary/aromatic N) is 2. The zero-order valence-corrected chi connectivity index (χ0v) is 8.86. The zero-order chi connectivity index (χ0) is 9.84. The van der Waals surface area contributed by atoms with Crippen LogP contribution in [0.1, 0.15) is 25.8 Å². The fraction of sp³-hybridized carbons (Fsp3) is 0.500. The Hall–Kier alpha value is -0.840. The highest BCUT2D eigenvalue weighted by molar-refractivity contribution is 9.10. The Labute approximate surface area is 84.7 Å². The molecular weight excluding hydrogens is 236 g/mol. The smallest absolute Gasteiger partial charge is 0.326 e. The lowest BCUT2D eigenvalue weighted by Crippen LogP contribution is -2.17. The van der Waals surface area contributed by atoms with Crippen molar-refractivity contribution in [1.29, 1.82) is 0 Å². The van der Waals surface area contributed by atoms with Crippen molar-refractivity contribution in [3.05, 3.63) is 17.1 Å². The van der Waals surface area contributed by atoms with Crippen LogP contribution in [0.5, 0.6) is 0 Å². The summed E-state index contributed by atoms with van der Waals surface area (Å²) in [6.45, 7) is 1.96. The third kappa shape index (κ3) is 2.55. The number of halogens is 1. The van der Waals surface area contributed by atoms with E-state index in [0.717, 1.165) is 6.42 Å². The van der Waals surface area contributed by atoms with Crippen LogP contribution in [-0.2, 0) is 4.79 Å². The summed E-state index contributed by atoms with van der Waals surface area (Å²) in [4.78, 5) is 14.8. The van der Waals surface area contributed by atoms with E-state index in [1.54, 1.807) is 10.8 Å².